The van der Waals surface area contributed by atoms with Gasteiger partial charge >= 0.3 is 0 Å². The number of carbonyl (C=O) groups is 1. The van der Waals surface area contributed by atoms with Crippen LogP contribution in [0.2, 0.25) is 0 Å². The van der Waals surface area contributed by atoms with Crippen molar-refractivity contribution in [3.8, 4) is 0 Å². The number of likely N-dealkylation sites (N-methyl/N-ethyl adjacent to an activating group) is 1. The number of nitrogens with one attached hydrogen (secondary N) is 2. The molecular weight excluding hydrogens is 302 g/mol. The Labute approximate surface area is 143 Å². The van der Waals surface area contributed by atoms with Crippen molar-refractivity contribution in [3.05, 3.63) is 48.0 Å². The lowest BCUT2D eigenvalue weighted by molar-refractivity contribution is -0.123. The lowest BCUT2D eigenvalue weighted by Crippen LogP contribution is -2.44. The standard InChI is InChI=1S/C18H27N5O/c1-18(2,3)9-16(19-4)17(24)21-10-14-5-7-15(8-6-14)11-23-13-20-12-22-23/h5-8,12-13,16,19H,9-11H2,1-4H3,(H,21,24). The molecule has 0 spiro atoms. The van der Waals surface area contributed by atoms with E-state index >= 15 is 0 Å². The van der Waals surface area contributed by atoms with Crippen LogP contribution >= 0.6 is 0 Å². The topological polar surface area (TPSA) is 71.8 Å². The average Bonchev–Trinajstić information content (AvgIpc) is 3.03. The van der Waals surface area contributed by atoms with Crippen molar-refractivity contribution in [2.45, 2.75) is 46.3 Å². The fourth-order valence-corrected chi connectivity index (χ4v) is 2.51. The minimum absolute atomic E-state index is 0.0408. The Bertz CT molecular complexity index is 628. The van der Waals surface area contributed by atoms with E-state index in [0.717, 1.165) is 17.5 Å². The van der Waals surface area contributed by atoms with Crippen LogP contribution in [-0.4, -0.2) is 33.8 Å². The molecule has 0 saturated carbocycles. The van der Waals surface area contributed by atoms with Crippen molar-refractivity contribution in [2.24, 2.45) is 5.41 Å². The van der Waals surface area contributed by atoms with Gasteiger partial charge in [0, 0.05) is 6.54 Å². The zero-order valence-electron chi connectivity index (χ0n) is 14.9. The van der Waals surface area contributed by atoms with Crippen LogP contribution in [0.5, 0.6) is 0 Å². The summed E-state index contributed by atoms with van der Waals surface area (Å²) >= 11 is 0. The van der Waals surface area contributed by atoms with Crippen molar-refractivity contribution in [1.29, 1.82) is 0 Å². The lowest BCUT2D eigenvalue weighted by atomic mass is 9.88. The van der Waals surface area contributed by atoms with Gasteiger partial charge < -0.3 is 10.6 Å². The monoisotopic (exact) mass is 329 g/mol. The minimum atomic E-state index is -0.170. The van der Waals surface area contributed by atoms with Gasteiger partial charge in [-0.25, -0.2) is 9.67 Å². The van der Waals surface area contributed by atoms with Crippen molar-refractivity contribution in [1.82, 2.24) is 25.4 Å². The van der Waals surface area contributed by atoms with Crippen molar-refractivity contribution < 1.29 is 4.79 Å². The van der Waals surface area contributed by atoms with E-state index < -0.39 is 0 Å². The number of benzene rings is 1. The first-order chi connectivity index (χ1) is 11.4. The van der Waals surface area contributed by atoms with Gasteiger partial charge in [-0.1, -0.05) is 45.0 Å². The van der Waals surface area contributed by atoms with Crippen LogP contribution < -0.4 is 10.6 Å². The average molecular weight is 329 g/mol. The Morgan fingerprint density at radius 3 is 2.42 bits per heavy atom. The third-order valence-corrected chi connectivity index (χ3v) is 3.78. The predicted molar refractivity (Wildman–Crippen MR) is 94.3 cm³/mol. The second-order valence-corrected chi connectivity index (χ2v) is 7.23. The number of hydrogen-bond donors (Lipinski definition) is 2. The highest BCUT2D eigenvalue weighted by molar-refractivity contribution is 5.81. The molecule has 0 fully saturated rings. The highest BCUT2D eigenvalue weighted by atomic mass is 16.2. The predicted octanol–water partition coefficient (Wildman–Crippen LogP) is 1.97. The zero-order valence-corrected chi connectivity index (χ0v) is 14.9. The molecule has 0 radical (unpaired) electrons. The smallest absolute Gasteiger partial charge is 0.237 e. The summed E-state index contributed by atoms with van der Waals surface area (Å²) < 4.78 is 1.78. The third kappa shape index (κ3) is 5.77. The summed E-state index contributed by atoms with van der Waals surface area (Å²) in [5, 5.41) is 10.2. The van der Waals surface area contributed by atoms with Crippen molar-refractivity contribution >= 4 is 5.91 Å². The summed E-state index contributed by atoms with van der Waals surface area (Å²) in [6.45, 7) is 7.64. The zero-order chi connectivity index (χ0) is 17.6. The van der Waals surface area contributed by atoms with Crippen LogP contribution in [0.3, 0.4) is 0 Å². The SMILES string of the molecule is CNC(CC(C)(C)C)C(=O)NCc1ccc(Cn2cncn2)cc1. The second-order valence-electron chi connectivity index (χ2n) is 7.23. The molecule has 24 heavy (non-hydrogen) atoms. The second kappa shape index (κ2) is 8.06. The molecule has 1 amide bonds. The molecule has 1 aromatic heterocycles. The molecule has 1 atom stereocenters. The third-order valence-electron chi connectivity index (χ3n) is 3.78. The number of carbonyl (C=O) groups excluding carboxylic acids is 1. The van der Waals surface area contributed by atoms with Gasteiger partial charge in [-0.3, -0.25) is 4.79 Å². The summed E-state index contributed by atoms with van der Waals surface area (Å²) in [6, 6.07) is 7.99. The Hall–Kier alpha value is -2.21. The Morgan fingerprint density at radius 2 is 1.88 bits per heavy atom. The molecule has 130 valence electrons. The molecule has 1 aromatic carbocycles. The van der Waals surface area contributed by atoms with E-state index in [0.29, 0.717) is 13.1 Å². The van der Waals surface area contributed by atoms with Gasteiger partial charge in [0.15, 0.2) is 0 Å². The summed E-state index contributed by atoms with van der Waals surface area (Å²) in [5.41, 5.74) is 2.33. The van der Waals surface area contributed by atoms with Gasteiger partial charge in [-0.15, -0.1) is 0 Å². The van der Waals surface area contributed by atoms with E-state index in [1.54, 1.807) is 11.0 Å². The first-order valence-electron chi connectivity index (χ1n) is 8.22. The summed E-state index contributed by atoms with van der Waals surface area (Å²) in [6.07, 6.45) is 4.02. The summed E-state index contributed by atoms with van der Waals surface area (Å²) in [5.74, 6) is 0.0408. The lowest BCUT2D eigenvalue weighted by Gasteiger charge is -2.25. The highest BCUT2D eigenvalue weighted by Crippen LogP contribution is 2.20. The summed E-state index contributed by atoms with van der Waals surface area (Å²) in [7, 11) is 1.83. The van der Waals surface area contributed by atoms with E-state index in [1.165, 1.54) is 6.33 Å². The van der Waals surface area contributed by atoms with Crippen LogP contribution in [0.4, 0.5) is 0 Å². The number of hydrogen-bond acceptors (Lipinski definition) is 4. The molecule has 2 N–H and O–H groups in total. The molecule has 1 unspecified atom stereocenters. The largest absolute Gasteiger partial charge is 0.351 e. The molecule has 0 aliphatic heterocycles. The number of rotatable bonds is 7. The van der Waals surface area contributed by atoms with Crippen LogP contribution in [-0.2, 0) is 17.9 Å². The summed E-state index contributed by atoms with van der Waals surface area (Å²) in [4.78, 5) is 16.2. The molecule has 0 saturated heterocycles. The van der Waals surface area contributed by atoms with E-state index in [-0.39, 0.29) is 17.4 Å². The van der Waals surface area contributed by atoms with E-state index in [2.05, 4.69) is 41.5 Å². The normalized spacial score (nSPS) is 12.8. The minimum Gasteiger partial charge on any atom is -0.351 e. The van der Waals surface area contributed by atoms with Crippen LogP contribution in [0.1, 0.15) is 38.3 Å². The molecule has 0 aliphatic carbocycles. The Balaban J connectivity index is 1.86. The Kier molecular flexibility index (Phi) is 6.09. The van der Waals surface area contributed by atoms with Crippen LogP contribution in [0, 0.1) is 5.41 Å². The van der Waals surface area contributed by atoms with E-state index in [1.807, 2.05) is 31.3 Å². The molecule has 2 rings (SSSR count). The van der Waals surface area contributed by atoms with E-state index in [4.69, 9.17) is 0 Å². The molecule has 6 nitrogen and oxygen atoms in total. The van der Waals surface area contributed by atoms with Gasteiger partial charge in [0.25, 0.3) is 0 Å². The van der Waals surface area contributed by atoms with Gasteiger partial charge in [0.1, 0.15) is 12.7 Å². The molecule has 2 aromatic rings. The molecule has 6 heteroatoms. The van der Waals surface area contributed by atoms with Crippen molar-refractivity contribution in [2.75, 3.05) is 7.05 Å². The number of nitrogens with zero attached hydrogens (tertiary/aromatic N) is 3. The maximum absolute atomic E-state index is 12.3. The van der Waals surface area contributed by atoms with Gasteiger partial charge in [-0.05, 0) is 30.0 Å². The van der Waals surface area contributed by atoms with Crippen LogP contribution in [0.15, 0.2) is 36.9 Å². The quantitative estimate of drug-likeness (QED) is 0.815. The molecule has 0 bridgehead atoms. The fourth-order valence-electron chi connectivity index (χ4n) is 2.51. The first kappa shape index (κ1) is 18.1. The molecule has 0 aliphatic rings. The highest BCUT2D eigenvalue weighted by Gasteiger charge is 2.23. The van der Waals surface area contributed by atoms with Gasteiger partial charge in [0.05, 0.1) is 12.6 Å². The maximum atomic E-state index is 12.3. The first-order valence-corrected chi connectivity index (χ1v) is 8.22. The van der Waals surface area contributed by atoms with E-state index in [9.17, 15) is 4.79 Å². The van der Waals surface area contributed by atoms with Gasteiger partial charge in [0.2, 0.25) is 5.91 Å². The van der Waals surface area contributed by atoms with Gasteiger partial charge in [-0.2, -0.15) is 5.10 Å². The maximum Gasteiger partial charge on any atom is 0.237 e. The van der Waals surface area contributed by atoms with Crippen LogP contribution in [0.25, 0.3) is 0 Å². The number of aromatic nitrogens is 3. The fraction of sp³-hybridized carbons (Fsp3) is 0.500. The Morgan fingerprint density at radius 1 is 1.21 bits per heavy atom. The molecule has 1 heterocycles. The van der Waals surface area contributed by atoms with Crippen molar-refractivity contribution in [3.63, 3.8) is 0 Å². The molecular formula is C18H27N5O. The number of amides is 1.